The van der Waals surface area contributed by atoms with Gasteiger partial charge in [0, 0.05) is 19.0 Å². The van der Waals surface area contributed by atoms with Gasteiger partial charge in [0.15, 0.2) is 0 Å². The molecule has 0 fully saturated rings. The molecule has 0 heterocycles. The molecule has 0 aromatic heterocycles. The van der Waals surface area contributed by atoms with Crippen molar-refractivity contribution in [1.29, 1.82) is 0 Å². The number of rotatable bonds is 19. The number of ether oxygens (including phenoxy) is 4. The van der Waals surface area contributed by atoms with E-state index in [4.69, 9.17) is 18.9 Å². The van der Waals surface area contributed by atoms with Crippen molar-refractivity contribution >= 4 is 10.1 Å². The maximum absolute atomic E-state index is 10.4. The van der Waals surface area contributed by atoms with Crippen LogP contribution >= 0.6 is 0 Å². The molecule has 0 bridgehead atoms. The molecule has 0 atom stereocenters. The van der Waals surface area contributed by atoms with Crippen LogP contribution in [0, 0.1) is 0 Å². The Balaban J connectivity index is 0. The summed E-state index contributed by atoms with van der Waals surface area (Å²) in [7, 11) is -4.10. The molecule has 0 aliphatic heterocycles. The van der Waals surface area contributed by atoms with Crippen molar-refractivity contribution in [2.45, 2.75) is 45.4 Å². The van der Waals surface area contributed by atoms with Gasteiger partial charge in [-0.25, -0.2) is 8.42 Å². The van der Waals surface area contributed by atoms with Gasteiger partial charge in [0.25, 0.3) is 0 Å². The fraction of sp³-hybridized carbons (Fsp3) is 1.00. The van der Waals surface area contributed by atoms with Gasteiger partial charge in [-0.15, -0.1) is 0 Å². The van der Waals surface area contributed by atoms with E-state index < -0.39 is 10.1 Å². The van der Waals surface area contributed by atoms with Crippen molar-refractivity contribution in [3.8, 4) is 0 Å². The summed E-state index contributed by atoms with van der Waals surface area (Å²) >= 11 is 0. The van der Waals surface area contributed by atoms with Gasteiger partial charge in [-0.05, 0) is 19.3 Å². The Bertz CT molecular complexity index is 352. The molecule has 0 aliphatic carbocycles. The van der Waals surface area contributed by atoms with Gasteiger partial charge in [-0.1, -0.05) is 26.2 Å². The Kier molecular flexibility index (Phi) is 23.6. The van der Waals surface area contributed by atoms with Crippen LogP contribution in [0.25, 0.3) is 0 Å². The van der Waals surface area contributed by atoms with Gasteiger partial charge < -0.3 is 23.5 Å². The second-order valence-electron chi connectivity index (χ2n) is 5.48. The molecule has 0 radical (unpaired) electrons. The van der Waals surface area contributed by atoms with Crippen LogP contribution in [0.4, 0.5) is 0 Å². The molecule has 0 amide bonds. The van der Waals surface area contributed by atoms with Crippen LogP contribution in [0.15, 0.2) is 0 Å². The first-order valence-electron chi connectivity index (χ1n) is 8.81. The molecule has 0 aromatic carbocycles. The topological polar surface area (TPSA) is 94.1 Å². The Morgan fingerprint density at radius 3 is 1.44 bits per heavy atom. The SMILES string of the molecule is CCCCCCOCCOCCOCCOCCCCS(=O)(=O)[O-].[Na+]. The van der Waals surface area contributed by atoms with Gasteiger partial charge in [-0.2, -0.15) is 0 Å². The van der Waals surface area contributed by atoms with Crippen LogP contribution in [0.2, 0.25) is 0 Å². The molecular formula is C16H33NaO7S. The maximum Gasteiger partial charge on any atom is 1.00 e. The molecule has 0 saturated heterocycles. The first-order valence-corrected chi connectivity index (χ1v) is 10.4. The quantitative estimate of drug-likeness (QED) is 0.157. The van der Waals surface area contributed by atoms with Crippen molar-refractivity contribution < 1.29 is 61.5 Å². The average Bonchev–Trinajstić information content (AvgIpc) is 2.52. The second-order valence-corrected chi connectivity index (χ2v) is 7.00. The second kappa shape index (κ2) is 21.1. The zero-order valence-electron chi connectivity index (χ0n) is 15.9. The minimum Gasteiger partial charge on any atom is -0.748 e. The third-order valence-corrected chi connectivity index (χ3v) is 3.98. The molecule has 0 aromatic rings. The minimum atomic E-state index is -4.10. The van der Waals surface area contributed by atoms with Gasteiger partial charge >= 0.3 is 29.6 Å². The standard InChI is InChI=1S/C16H34O7S.Na/c1-2-3-4-5-8-20-10-12-22-14-15-23-13-11-21-9-6-7-16-24(17,18)19;/h2-16H2,1H3,(H,17,18,19);/q;+1/p-1. The normalized spacial score (nSPS) is 11.4. The van der Waals surface area contributed by atoms with E-state index in [9.17, 15) is 13.0 Å². The summed E-state index contributed by atoms with van der Waals surface area (Å²) in [5.74, 6) is -0.327. The summed E-state index contributed by atoms with van der Waals surface area (Å²) < 4.78 is 52.5. The molecule has 0 aliphatic rings. The summed E-state index contributed by atoms with van der Waals surface area (Å²) in [6, 6.07) is 0. The van der Waals surface area contributed by atoms with Crippen LogP contribution in [-0.2, 0) is 29.1 Å². The van der Waals surface area contributed by atoms with Crippen LogP contribution in [0.1, 0.15) is 45.4 Å². The van der Waals surface area contributed by atoms with Gasteiger partial charge in [0.2, 0.25) is 0 Å². The first-order chi connectivity index (χ1) is 11.6. The van der Waals surface area contributed by atoms with Crippen LogP contribution in [0.5, 0.6) is 0 Å². The zero-order valence-corrected chi connectivity index (χ0v) is 18.7. The first kappa shape index (κ1) is 28.0. The monoisotopic (exact) mass is 392 g/mol. The third kappa shape index (κ3) is 27.1. The average molecular weight is 392 g/mol. The molecule has 0 saturated carbocycles. The summed E-state index contributed by atoms with van der Waals surface area (Å²) in [4.78, 5) is 0. The van der Waals surface area contributed by atoms with Gasteiger partial charge in [0.1, 0.15) is 0 Å². The molecule has 25 heavy (non-hydrogen) atoms. The summed E-state index contributed by atoms with van der Waals surface area (Å²) in [5, 5.41) is 0. The van der Waals surface area contributed by atoms with E-state index in [1.165, 1.54) is 19.3 Å². The van der Waals surface area contributed by atoms with Crippen molar-refractivity contribution in [2.24, 2.45) is 0 Å². The van der Waals surface area contributed by atoms with Crippen LogP contribution < -0.4 is 29.6 Å². The fourth-order valence-corrected chi connectivity index (χ4v) is 2.43. The Hall–Kier alpha value is 0.750. The molecule has 146 valence electrons. The molecule has 0 spiro atoms. The van der Waals surface area contributed by atoms with E-state index in [1.54, 1.807) is 0 Å². The van der Waals surface area contributed by atoms with Crippen molar-refractivity contribution in [1.82, 2.24) is 0 Å². The molecule has 0 N–H and O–H groups in total. The van der Waals surface area contributed by atoms with Crippen molar-refractivity contribution in [3.05, 3.63) is 0 Å². The predicted octanol–water partition coefficient (Wildman–Crippen LogP) is -1.04. The number of unbranched alkanes of at least 4 members (excludes halogenated alkanes) is 4. The Morgan fingerprint density at radius 1 is 0.640 bits per heavy atom. The summed E-state index contributed by atoms with van der Waals surface area (Å²) in [6.45, 7) is 6.58. The van der Waals surface area contributed by atoms with Crippen LogP contribution in [0.3, 0.4) is 0 Å². The van der Waals surface area contributed by atoms with E-state index in [-0.39, 0.29) is 35.3 Å². The van der Waals surface area contributed by atoms with E-state index in [0.29, 0.717) is 59.1 Å². The molecule has 0 unspecified atom stereocenters. The Morgan fingerprint density at radius 2 is 1.04 bits per heavy atom. The third-order valence-electron chi connectivity index (χ3n) is 3.19. The summed E-state index contributed by atoms with van der Waals surface area (Å²) in [6.07, 6.45) is 5.74. The number of hydrogen-bond acceptors (Lipinski definition) is 7. The smallest absolute Gasteiger partial charge is 0.748 e. The summed E-state index contributed by atoms with van der Waals surface area (Å²) in [5.41, 5.74) is 0. The fourth-order valence-electron chi connectivity index (χ4n) is 1.88. The largest absolute Gasteiger partial charge is 1.00 e. The predicted molar refractivity (Wildman–Crippen MR) is 91.2 cm³/mol. The van der Waals surface area contributed by atoms with E-state index in [1.807, 2.05) is 0 Å². The zero-order chi connectivity index (χ0) is 17.9. The molecule has 9 heteroatoms. The van der Waals surface area contributed by atoms with E-state index in [0.717, 1.165) is 13.0 Å². The molecular weight excluding hydrogens is 359 g/mol. The van der Waals surface area contributed by atoms with Crippen molar-refractivity contribution in [2.75, 3.05) is 58.6 Å². The van der Waals surface area contributed by atoms with Gasteiger partial charge in [-0.3, -0.25) is 0 Å². The number of hydrogen-bond donors (Lipinski definition) is 0. The van der Waals surface area contributed by atoms with E-state index in [2.05, 4.69) is 6.92 Å². The Labute approximate surface area is 175 Å². The van der Waals surface area contributed by atoms with Crippen molar-refractivity contribution in [3.63, 3.8) is 0 Å². The maximum atomic E-state index is 10.4. The molecule has 0 rings (SSSR count). The minimum absolute atomic E-state index is 0. The molecule has 7 nitrogen and oxygen atoms in total. The van der Waals surface area contributed by atoms with Crippen LogP contribution in [-0.4, -0.2) is 71.6 Å². The van der Waals surface area contributed by atoms with Gasteiger partial charge in [0.05, 0.1) is 49.8 Å². The van der Waals surface area contributed by atoms with E-state index >= 15 is 0 Å².